The average molecular weight is 638 g/mol. The fraction of sp³-hybridized carbons (Fsp3) is 0.269. The number of aromatic nitrogens is 1. The van der Waals surface area contributed by atoms with E-state index in [0.29, 0.717) is 53.6 Å². The Labute approximate surface area is 231 Å². The number of halogens is 2. The molecule has 1 atom stereocenters. The zero-order valence-electron chi connectivity index (χ0n) is 20.2. The maximum absolute atomic E-state index is 13.8. The second kappa shape index (κ2) is 10.8. The highest BCUT2D eigenvalue weighted by molar-refractivity contribution is 14.1. The van der Waals surface area contributed by atoms with Crippen molar-refractivity contribution in [2.45, 2.75) is 26.8 Å². The lowest BCUT2D eigenvalue weighted by atomic mass is 9.94. The molecule has 0 spiro atoms. The second-order valence-electron chi connectivity index (χ2n) is 8.16. The topological polar surface area (TPSA) is 84.1 Å². The van der Waals surface area contributed by atoms with E-state index >= 15 is 0 Å². The predicted molar refractivity (Wildman–Crippen MR) is 151 cm³/mol. The van der Waals surface area contributed by atoms with Gasteiger partial charge in [-0.1, -0.05) is 35.1 Å². The van der Waals surface area contributed by atoms with Crippen LogP contribution in [-0.4, -0.2) is 40.7 Å². The van der Waals surface area contributed by atoms with Gasteiger partial charge in [0.05, 0.1) is 32.5 Å². The van der Waals surface area contributed by atoms with Gasteiger partial charge in [0.2, 0.25) is 0 Å². The number of amides is 1. The first-order chi connectivity index (χ1) is 17.2. The number of phenolic OH excluding ortho intramolecular Hbond substituents is 1. The molecule has 10 heteroatoms. The van der Waals surface area contributed by atoms with Gasteiger partial charge in [-0.25, -0.2) is 4.99 Å². The fourth-order valence-electron chi connectivity index (χ4n) is 4.22. The Balaban J connectivity index is 1.96. The van der Waals surface area contributed by atoms with Crippen LogP contribution >= 0.6 is 45.5 Å². The molecule has 0 radical (unpaired) electrons. The molecule has 0 unspecified atom stereocenters. The number of fused-ring (bicyclic) bond motifs is 1. The third-order valence-electron chi connectivity index (χ3n) is 6.06. The monoisotopic (exact) mass is 637 g/mol. The third kappa shape index (κ3) is 4.83. The van der Waals surface area contributed by atoms with Gasteiger partial charge in [0, 0.05) is 18.1 Å². The normalized spacial score (nSPS) is 15.5. The Bertz CT molecular complexity index is 1540. The van der Waals surface area contributed by atoms with Crippen molar-refractivity contribution in [1.82, 2.24) is 9.47 Å². The Morgan fingerprint density at radius 1 is 1.28 bits per heavy atom. The number of aromatic hydroxyl groups is 1. The fourth-order valence-corrected chi connectivity index (χ4v) is 6.02. The lowest BCUT2D eigenvalue weighted by molar-refractivity contribution is -0.127. The highest BCUT2D eigenvalue weighted by Crippen LogP contribution is 2.33. The van der Waals surface area contributed by atoms with Gasteiger partial charge in [-0.05, 0) is 84.8 Å². The molecule has 188 valence electrons. The van der Waals surface area contributed by atoms with Crippen molar-refractivity contribution in [2.24, 2.45) is 4.99 Å². The summed E-state index contributed by atoms with van der Waals surface area (Å²) >= 11 is 9.42. The first-order valence-electron chi connectivity index (χ1n) is 11.3. The van der Waals surface area contributed by atoms with E-state index in [4.69, 9.17) is 16.3 Å². The van der Waals surface area contributed by atoms with Crippen molar-refractivity contribution in [3.05, 3.63) is 87.1 Å². The molecule has 0 aliphatic carbocycles. The zero-order chi connectivity index (χ0) is 26.1. The summed E-state index contributed by atoms with van der Waals surface area (Å²) in [6.45, 7) is 6.76. The first-order valence-corrected chi connectivity index (χ1v) is 13.6. The Hall–Kier alpha value is -2.63. The van der Waals surface area contributed by atoms with E-state index in [-0.39, 0.29) is 17.2 Å². The zero-order valence-corrected chi connectivity index (χ0v) is 23.9. The minimum Gasteiger partial charge on any atom is -0.504 e. The van der Waals surface area contributed by atoms with Crippen LogP contribution in [0.15, 0.2) is 57.5 Å². The van der Waals surface area contributed by atoms with Crippen LogP contribution in [0.25, 0.3) is 6.08 Å². The Kier molecular flexibility index (Phi) is 7.91. The summed E-state index contributed by atoms with van der Waals surface area (Å²) in [7, 11) is 1.48. The van der Waals surface area contributed by atoms with E-state index in [1.807, 2.05) is 55.5 Å². The largest absolute Gasteiger partial charge is 0.504 e. The molecule has 3 aromatic rings. The highest BCUT2D eigenvalue weighted by atomic mass is 127. The number of ether oxygens (including phenoxy) is 1. The van der Waals surface area contributed by atoms with Gasteiger partial charge in [-0.2, -0.15) is 0 Å². The number of hydrogen-bond donors (Lipinski definition) is 1. The Morgan fingerprint density at radius 3 is 2.56 bits per heavy atom. The molecule has 0 fully saturated rings. The van der Waals surface area contributed by atoms with E-state index in [9.17, 15) is 14.7 Å². The van der Waals surface area contributed by atoms with Gasteiger partial charge < -0.3 is 14.7 Å². The number of thiazole rings is 1. The lowest BCUT2D eigenvalue weighted by Crippen LogP contribution is -2.43. The van der Waals surface area contributed by atoms with Gasteiger partial charge in [0.25, 0.3) is 11.5 Å². The Morgan fingerprint density at radius 2 is 1.94 bits per heavy atom. The van der Waals surface area contributed by atoms with Crippen molar-refractivity contribution in [1.29, 1.82) is 0 Å². The lowest BCUT2D eigenvalue weighted by Gasteiger charge is -2.29. The average Bonchev–Trinajstić information content (AvgIpc) is 3.15. The highest BCUT2D eigenvalue weighted by Gasteiger charge is 2.34. The summed E-state index contributed by atoms with van der Waals surface area (Å²) < 4.78 is 7.92. The van der Waals surface area contributed by atoms with Crippen molar-refractivity contribution >= 4 is 57.5 Å². The molecule has 0 bridgehead atoms. The summed E-state index contributed by atoms with van der Waals surface area (Å²) in [5, 5.41) is 10.7. The van der Waals surface area contributed by atoms with Crippen LogP contribution < -0.4 is 19.6 Å². The summed E-state index contributed by atoms with van der Waals surface area (Å²) in [6, 6.07) is 10.00. The van der Waals surface area contributed by atoms with Gasteiger partial charge in [-0.15, -0.1) is 0 Å². The van der Waals surface area contributed by atoms with Crippen LogP contribution in [0.2, 0.25) is 5.02 Å². The summed E-state index contributed by atoms with van der Waals surface area (Å²) in [4.78, 5) is 34.3. The van der Waals surface area contributed by atoms with Crippen molar-refractivity contribution in [2.75, 3.05) is 20.2 Å². The molecular formula is C26H25ClIN3O4S. The molecule has 4 rings (SSSR count). The van der Waals surface area contributed by atoms with Gasteiger partial charge in [-0.3, -0.25) is 14.2 Å². The number of hydrogen-bond acceptors (Lipinski definition) is 6. The van der Waals surface area contributed by atoms with Crippen LogP contribution in [0.3, 0.4) is 0 Å². The summed E-state index contributed by atoms with van der Waals surface area (Å²) in [5.74, 6) is 0.228. The molecule has 1 aliphatic heterocycles. The van der Waals surface area contributed by atoms with Crippen LogP contribution in [0, 0.1) is 3.57 Å². The van der Waals surface area contributed by atoms with E-state index in [2.05, 4.69) is 4.99 Å². The van der Waals surface area contributed by atoms with E-state index in [1.54, 1.807) is 39.8 Å². The van der Waals surface area contributed by atoms with Gasteiger partial charge >= 0.3 is 0 Å². The standard InChI is InChI=1S/C26H25ClIN3O4S/c1-5-30(6-2)25(34)21-14(3)29-26-31(22(21)16-7-9-17(27)10-8-16)24(33)20(36-26)13-15-11-18(28)23(32)19(12-15)35-4/h7-13,22,32H,5-6H2,1-4H3/b20-13+/t22-/m0/s1. The number of methoxy groups -OCH3 is 1. The maximum Gasteiger partial charge on any atom is 0.271 e. The molecule has 1 amide bonds. The molecule has 2 aromatic carbocycles. The number of allylic oxidation sites excluding steroid dienone is 1. The summed E-state index contributed by atoms with van der Waals surface area (Å²) in [6.07, 6.45) is 1.75. The van der Waals surface area contributed by atoms with E-state index in [0.717, 1.165) is 5.56 Å². The van der Waals surface area contributed by atoms with E-state index in [1.165, 1.54) is 18.4 Å². The molecule has 36 heavy (non-hydrogen) atoms. The second-order valence-corrected chi connectivity index (χ2v) is 10.8. The van der Waals surface area contributed by atoms with Gasteiger partial charge in [0.1, 0.15) is 0 Å². The van der Waals surface area contributed by atoms with Gasteiger partial charge in [0.15, 0.2) is 16.3 Å². The molecule has 0 saturated carbocycles. The summed E-state index contributed by atoms with van der Waals surface area (Å²) in [5.41, 5.74) is 2.29. The van der Waals surface area contributed by atoms with Crippen LogP contribution in [0.1, 0.15) is 37.9 Å². The molecule has 1 aliphatic rings. The minimum atomic E-state index is -0.636. The number of likely N-dealkylation sites (N-methyl/N-ethyl adjacent to an activating group) is 1. The molecule has 7 nitrogen and oxygen atoms in total. The molecule has 2 heterocycles. The SMILES string of the molecule is CCN(CC)C(=O)C1=C(C)N=c2s/c(=C/c3cc(I)c(O)c(OC)c3)c(=O)n2[C@H]1c1ccc(Cl)cc1. The van der Waals surface area contributed by atoms with Crippen molar-refractivity contribution < 1.29 is 14.6 Å². The quantitative estimate of drug-likeness (QED) is 0.413. The predicted octanol–water partition coefficient (Wildman–Crippen LogP) is 4.08. The van der Waals surface area contributed by atoms with Crippen LogP contribution in [-0.2, 0) is 4.79 Å². The number of phenols is 1. The van der Waals surface area contributed by atoms with Crippen molar-refractivity contribution in [3.8, 4) is 11.5 Å². The minimum absolute atomic E-state index is 0.0506. The number of nitrogens with zero attached hydrogens (tertiary/aromatic N) is 3. The number of benzene rings is 2. The number of rotatable bonds is 6. The number of carbonyl (C=O) groups is 1. The molecule has 1 aromatic heterocycles. The van der Waals surface area contributed by atoms with Crippen LogP contribution in [0.5, 0.6) is 11.5 Å². The smallest absolute Gasteiger partial charge is 0.271 e. The molecule has 0 saturated heterocycles. The van der Waals surface area contributed by atoms with E-state index < -0.39 is 6.04 Å². The number of carbonyl (C=O) groups excluding carboxylic acids is 1. The first kappa shape index (κ1) is 26.4. The van der Waals surface area contributed by atoms with Crippen LogP contribution in [0.4, 0.5) is 0 Å². The molecule has 1 N–H and O–H groups in total. The molecular weight excluding hydrogens is 613 g/mol. The third-order valence-corrected chi connectivity index (χ3v) is 8.11. The maximum atomic E-state index is 13.8. The van der Waals surface area contributed by atoms with Crippen molar-refractivity contribution in [3.63, 3.8) is 0 Å².